The van der Waals surface area contributed by atoms with Crippen LogP contribution >= 0.6 is 11.6 Å². The average Bonchev–Trinajstić information content (AvgIpc) is 3.05. The number of hydrogen-bond donors (Lipinski definition) is 0. The van der Waals surface area contributed by atoms with Gasteiger partial charge in [0.2, 0.25) is 5.65 Å². The maximum atomic E-state index is 13.1. The van der Waals surface area contributed by atoms with Gasteiger partial charge in [0.1, 0.15) is 0 Å². The fraction of sp³-hybridized carbons (Fsp3) is 0.167. The van der Waals surface area contributed by atoms with E-state index < -0.39 is 0 Å². The van der Waals surface area contributed by atoms with E-state index in [1.165, 1.54) is 0 Å². The molecule has 126 valence electrons. The monoisotopic (exact) mass is 353 g/mol. The maximum absolute atomic E-state index is 13.1. The first-order valence-electron chi connectivity index (χ1n) is 7.79. The van der Waals surface area contributed by atoms with Crippen LogP contribution in [0, 0.1) is 6.92 Å². The predicted octanol–water partition coefficient (Wildman–Crippen LogP) is 3.06. The Morgan fingerprint density at radius 3 is 2.68 bits per heavy atom. The minimum atomic E-state index is -0.208. The molecule has 0 aliphatic carbocycles. The highest BCUT2D eigenvalue weighted by Gasteiger charge is 2.18. The summed E-state index contributed by atoms with van der Waals surface area (Å²) in [6.07, 6.45) is 5.13. The zero-order valence-electron chi connectivity index (χ0n) is 14.1. The van der Waals surface area contributed by atoms with Crippen molar-refractivity contribution in [1.29, 1.82) is 0 Å². The molecule has 0 atom stereocenters. The van der Waals surface area contributed by atoms with Crippen molar-refractivity contribution in [3.05, 3.63) is 63.9 Å². The number of halogens is 1. The Labute approximate surface area is 148 Å². The largest absolute Gasteiger partial charge is 0.376 e. The van der Waals surface area contributed by atoms with Gasteiger partial charge in [-0.25, -0.2) is 4.98 Å². The quantitative estimate of drug-likeness (QED) is 0.555. The number of rotatable bonds is 2. The van der Waals surface area contributed by atoms with E-state index >= 15 is 0 Å². The summed E-state index contributed by atoms with van der Waals surface area (Å²) in [6.45, 7) is 1.88. The number of imidazole rings is 1. The van der Waals surface area contributed by atoms with Crippen molar-refractivity contribution >= 4 is 34.0 Å². The SMILES string of the molecule is Cc1ncccc1-n1c(=O)c2nccn2c2c(N(C)C)cc(Cl)cc21. The van der Waals surface area contributed by atoms with Crippen molar-refractivity contribution < 1.29 is 0 Å². The lowest BCUT2D eigenvalue weighted by Crippen LogP contribution is -2.24. The van der Waals surface area contributed by atoms with Crippen molar-refractivity contribution in [2.24, 2.45) is 0 Å². The summed E-state index contributed by atoms with van der Waals surface area (Å²) in [6, 6.07) is 7.37. The van der Waals surface area contributed by atoms with Gasteiger partial charge in [-0.05, 0) is 31.2 Å². The van der Waals surface area contributed by atoms with Gasteiger partial charge in [-0.3, -0.25) is 18.7 Å². The normalized spacial score (nSPS) is 11.4. The minimum Gasteiger partial charge on any atom is -0.376 e. The smallest absolute Gasteiger partial charge is 0.299 e. The Kier molecular flexibility index (Phi) is 3.51. The van der Waals surface area contributed by atoms with Crippen LogP contribution in [-0.2, 0) is 0 Å². The molecule has 4 rings (SSSR count). The van der Waals surface area contributed by atoms with Crippen LogP contribution in [0.3, 0.4) is 0 Å². The van der Waals surface area contributed by atoms with Gasteiger partial charge in [0.05, 0.1) is 28.1 Å². The third kappa shape index (κ3) is 2.29. The summed E-state index contributed by atoms with van der Waals surface area (Å²) < 4.78 is 3.45. The zero-order valence-corrected chi connectivity index (χ0v) is 14.8. The Hall–Kier alpha value is -2.86. The molecule has 3 heterocycles. The van der Waals surface area contributed by atoms with E-state index in [9.17, 15) is 4.79 Å². The number of hydrogen-bond acceptors (Lipinski definition) is 4. The van der Waals surface area contributed by atoms with Gasteiger partial charge >= 0.3 is 0 Å². The summed E-state index contributed by atoms with van der Waals surface area (Å²) >= 11 is 6.36. The van der Waals surface area contributed by atoms with Crippen molar-refractivity contribution in [3.63, 3.8) is 0 Å². The van der Waals surface area contributed by atoms with Crippen molar-refractivity contribution in [1.82, 2.24) is 18.9 Å². The first-order valence-corrected chi connectivity index (χ1v) is 8.17. The Balaban J connectivity index is 2.32. The molecular weight excluding hydrogens is 338 g/mol. The van der Waals surface area contributed by atoms with Gasteiger partial charge in [-0.15, -0.1) is 0 Å². The highest BCUT2D eigenvalue weighted by molar-refractivity contribution is 6.31. The van der Waals surface area contributed by atoms with E-state index in [2.05, 4.69) is 9.97 Å². The first kappa shape index (κ1) is 15.7. The molecule has 0 fully saturated rings. The lowest BCUT2D eigenvalue weighted by Gasteiger charge is -2.20. The second-order valence-electron chi connectivity index (χ2n) is 6.06. The molecule has 0 aliphatic rings. The summed E-state index contributed by atoms with van der Waals surface area (Å²) in [7, 11) is 3.89. The summed E-state index contributed by atoms with van der Waals surface area (Å²) in [5.41, 5.74) is 4.11. The summed E-state index contributed by atoms with van der Waals surface area (Å²) in [5, 5.41) is 0.561. The molecule has 0 amide bonds. The second-order valence-corrected chi connectivity index (χ2v) is 6.49. The molecule has 25 heavy (non-hydrogen) atoms. The van der Waals surface area contributed by atoms with Crippen LogP contribution in [0.5, 0.6) is 0 Å². The van der Waals surface area contributed by atoms with E-state index in [0.29, 0.717) is 16.2 Å². The van der Waals surface area contributed by atoms with E-state index in [1.54, 1.807) is 29.2 Å². The van der Waals surface area contributed by atoms with E-state index in [0.717, 1.165) is 22.6 Å². The molecule has 0 unspecified atom stereocenters. The standard InChI is InChI=1S/C18H16ClN5O/c1-11-13(5-4-6-20-11)24-15-10-12(19)9-14(22(2)3)16(15)23-8-7-21-17(23)18(24)25/h4-10H,1-3H3. The Bertz CT molecular complexity index is 1180. The summed E-state index contributed by atoms with van der Waals surface area (Å²) in [4.78, 5) is 23.7. The lowest BCUT2D eigenvalue weighted by atomic mass is 10.2. The average molecular weight is 354 g/mol. The molecule has 0 saturated heterocycles. The van der Waals surface area contributed by atoms with Crippen molar-refractivity contribution in [2.75, 3.05) is 19.0 Å². The zero-order chi connectivity index (χ0) is 17.7. The molecule has 1 aromatic carbocycles. The molecule has 0 aliphatic heterocycles. The van der Waals surface area contributed by atoms with Gasteiger partial charge in [-0.1, -0.05) is 11.6 Å². The predicted molar refractivity (Wildman–Crippen MR) is 100 cm³/mol. The molecule has 0 bridgehead atoms. The molecule has 0 spiro atoms. The third-order valence-corrected chi connectivity index (χ3v) is 4.47. The van der Waals surface area contributed by atoms with Crippen LogP contribution < -0.4 is 10.5 Å². The van der Waals surface area contributed by atoms with E-state index in [1.807, 2.05) is 48.5 Å². The maximum Gasteiger partial charge on any atom is 0.299 e. The van der Waals surface area contributed by atoms with Crippen molar-refractivity contribution in [2.45, 2.75) is 6.92 Å². The van der Waals surface area contributed by atoms with E-state index in [4.69, 9.17) is 11.6 Å². The molecule has 0 N–H and O–H groups in total. The third-order valence-electron chi connectivity index (χ3n) is 4.25. The molecule has 7 heteroatoms. The number of aromatic nitrogens is 4. The van der Waals surface area contributed by atoms with Crippen molar-refractivity contribution in [3.8, 4) is 5.69 Å². The van der Waals surface area contributed by atoms with Gasteiger partial charge in [-0.2, -0.15) is 0 Å². The molecule has 3 aromatic heterocycles. The Morgan fingerprint density at radius 1 is 1.16 bits per heavy atom. The number of nitrogens with zero attached hydrogens (tertiary/aromatic N) is 5. The van der Waals surface area contributed by atoms with Crippen LogP contribution in [0.2, 0.25) is 5.02 Å². The lowest BCUT2D eigenvalue weighted by molar-refractivity contribution is 0.977. The number of benzene rings is 1. The topological polar surface area (TPSA) is 55.4 Å². The second kappa shape index (κ2) is 5.60. The number of pyridine rings is 1. The van der Waals surface area contributed by atoms with Crippen LogP contribution in [0.4, 0.5) is 5.69 Å². The van der Waals surface area contributed by atoms with Crippen LogP contribution in [-0.4, -0.2) is 33.0 Å². The summed E-state index contributed by atoms with van der Waals surface area (Å²) in [5.74, 6) is 0. The van der Waals surface area contributed by atoms with Gasteiger partial charge in [0.15, 0.2) is 0 Å². The molecular formula is C18H16ClN5O. The first-order chi connectivity index (χ1) is 12.0. The van der Waals surface area contributed by atoms with Gasteiger partial charge in [0.25, 0.3) is 5.56 Å². The number of anilines is 1. The van der Waals surface area contributed by atoms with E-state index in [-0.39, 0.29) is 5.56 Å². The van der Waals surface area contributed by atoms with Crippen LogP contribution in [0.25, 0.3) is 22.4 Å². The van der Waals surface area contributed by atoms with Gasteiger partial charge < -0.3 is 4.90 Å². The fourth-order valence-electron chi connectivity index (χ4n) is 3.13. The van der Waals surface area contributed by atoms with Crippen LogP contribution in [0.15, 0.2) is 47.7 Å². The molecule has 6 nitrogen and oxygen atoms in total. The minimum absolute atomic E-state index is 0.208. The van der Waals surface area contributed by atoms with Crippen LogP contribution in [0.1, 0.15) is 5.69 Å². The molecule has 0 radical (unpaired) electrons. The molecule has 0 saturated carbocycles. The van der Waals surface area contributed by atoms with Gasteiger partial charge in [0, 0.05) is 37.7 Å². The highest BCUT2D eigenvalue weighted by atomic mass is 35.5. The Morgan fingerprint density at radius 2 is 1.96 bits per heavy atom. The number of aryl methyl sites for hydroxylation is 1. The number of fused-ring (bicyclic) bond motifs is 3. The highest BCUT2D eigenvalue weighted by Crippen LogP contribution is 2.31. The fourth-order valence-corrected chi connectivity index (χ4v) is 3.34. The molecule has 4 aromatic rings.